The lowest BCUT2D eigenvalue weighted by atomic mass is 9.97. The van der Waals surface area contributed by atoms with Crippen molar-refractivity contribution in [1.82, 2.24) is 0 Å². The van der Waals surface area contributed by atoms with Crippen LogP contribution in [0.5, 0.6) is 0 Å². The van der Waals surface area contributed by atoms with Gasteiger partial charge in [-0.15, -0.1) is 0 Å². The number of amides is 1. The highest BCUT2D eigenvalue weighted by Crippen LogP contribution is 2.25. The van der Waals surface area contributed by atoms with Gasteiger partial charge in [-0.25, -0.2) is 0 Å². The second-order valence-corrected chi connectivity index (χ2v) is 4.74. The van der Waals surface area contributed by atoms with E-state index in [2.05, 4.69) is 5.32 Å². The summed E-state index contributed by atoms with van der Waals surface area (Å²) in [5, 5.41) is 2.76. The van der Waals surface area contributed by atoms with Crippen LogP contribution in [0.4, 0.5) is 5.69 Å². The highest BCUT2D eigenvalue weighted by atomic mass is 16.1. The lowest BCUT2D eigenvalue weighted by Crippen LogP contribution is -2.03. The van der Waals surface area contributed by atoms with Gasteiger partial charge in [0.1, 0.15) is 0 Å². The zero-order valence-corrected chi connectivity index (χ0v) is 10.6. The number of hydrogen-bond acceptors (Lipinski definition) is 2. The molecule has 1 N–H and O–H groups in total. The van der Waals surface area contributed by atoms with Crippen molar-refractivity contribution < 1.29 is 9.59 Å². The predicted octanol–water partition coefficient (Wildman–Crippen LogP) is 2.72. The molecule has 1 aliphatic rings. The molecule has 0 fully saturated rings. The van der Waals surface area contributed by atoms with E-state index in [0.29, 0.717) is 17.5 Å². The van der Waals surface area contributed by atoms with Gasteiger partial charge in [0.25, 0.3) is 0 Å². The van der Waals surface area contributed by atoms with Crippen LogP contribution in [0.15, 0.2) is 42.5 Å². The number of nitrogens with one attached hydrogen (secondary N) is 1. The van der Waals surface area contributed by atoms with Crippen molar-refractivity contribution >= 4 is 17.4 Å². The van der Waals surface area contributed by atoms with Gasteiger partial charge < -0.3 is 5.32 Å². The topological polar surface area (TPSA) is 46.2 Å². The van der Waals surface area contributed by atoms with Gasteiger partial charge in [0, 0.05) is 16.8 Å². The van der Waals surface area contributed by atoms with E-state index in [9.17, 15) is 9.59 Å². The first-order valence-electron chi connectivity index (χ1n) is 6.18. The fourth-order valence-corrected chi connectivity index (χ4v) is 2.35. The molecule has 0 bridgehead atoms. The number of benzene rings is 2. The highest BCUT2D eigenvalue weighted by molar-refractivity contribution is 6.11. The molecule has 3 nitrogen and oxygen atoms in total. The van der Waals surface area contributed by atoms with Crippen LogP contribution in [0.2, 0.25) is 0 Å². The number of aryl methyl sites for hydroxylation is 1. The van der Waals surface area contributed by atoms with Gasteiger partial charge in [-0.05, 0) is 36.2 Å². The minimum atomic E-state index is -0.0181. The quantitative estimate of drug-likeness (QED) is 0.834. The Morgan fingerprint density at radius 1 is 1.16 bits per heavy atom. The molecule has 0 atom stereocenters. The zero-order chi connectivity index (χ0) is 13.4. The van der Waals surface area contributed by atoms with E-state index in [1.54, 1.807) is 12.1 Å². The van der Waals surface area contributed by atoms with Gasteiger partial charge in [-0.1, -0.05) is 24.3 Å². The van der Waals surface area contributed by atoms with Crippen LogP contribution < -0.4 is 5.32 Å². The summed E-state index contributed by atoms with van der Waals surface area (Å²) >= 11 is 0. The fraction of sp³-hybridized carbons (Fsp3) is 0.125. The summed E-state index contributed by atoms with van der Waals surface area (Å²) in [7, 11) is 0. The minimum absolute atomic E-state index is 0.000231. The van der Waals surface area contributed by atoms with Crippen molar-refractivity contribution in [3.63, 3.8) is 0 Å². The second kappa shape index (κ2) is 4.35. The van der Waals surface area contributed by atoms with E-state index >= 15 is 0 Å². The van der Waals surface area contributed by atoms with Crippen LogP contribution >= 0.6 is 0 Å². The normalized spacial score (nSPS) is 13.0. The molecule has 0 saturated carbocycles. The van der Waals surface area contributed by atoms with Gasteiger partial charge in [0.05, 0.1) is 6.42 Å². The largest absolute Gasteiger partial charge is 0.326 e. The fourth-order valence-electron chi connectivity index (χ4n) is 2.35. The van der Waals surface area contributed by atoms with Crippen LogP contribution in [0.1, 0.15) is 27.0 Å². The Hall–Kier alpha value is -2.42. The first-order chi connectivity index (χ1) is 9.15. The average molecular weight is 251 g/mol. The zero-order valence-electron chi connectivity index (χ0n) is 10.6. The number of carbonyl (C=O) groups excluding carboxylic acids is 2. The maximum absolute atomic E-state index is 12.4. The molecule has 94 valence electrons. The van der Waals surface area contributed by atoms with Crippen LogP contribution in [-0.2, 0) is 11.2 Å². The van der Waals surface area contributed by atoms with Crippen molar-refractivity contribution in [2.24, 2.45) is 0 Å². The molecule has 1 amide bonds. The molecule has 2 aromatic carbocycles. The lowest BCUT2D eigenvalue weighted by molar-refractivity contribution is -0.115. The summed E-state index contributed by atoms with van der Waals surface area (Å²) < 4.78 is 0. The van der Waals surface area contributed by atoms with Crippen molar-refractivity contribution in [3.05, 3.63) is 64.7 Å². The molecule has 0 aliphatic carbocycles. The molecule has 3 heteroatoms. The summed E-state index contributed by atoms with van der Waals surface area (Å²) in [6.45, 7) is 1.92. The SMILES string of the molecule is Cc1ccccc1C(=O)c1ccc2c(c1)CC(=O)N2. The molecule has 0 aromatic heterocycles. The third-order valence-electron chi connectivity index (χ3n) is 3.38. The molecule has 0 saturated heterocycles. The number of ketones is 1. The third kappa shape index (κ3) is 2.03. The van der Waals surface area contributed by atoms with E-state index in [4.69, 9.17) is 0 Å². The molecule has 1 aliphatic heterocycles. The highest BCUT2D eigenvalue weighted by Gasteiger charge is 2.20. The monoisotopic (exact) mass is 251 g/mol. The summed E-state index contributed by atoms with van der Waals surface area (Å²) in [4.78, 5) is 23.8. The van der Waals surface area contributed by atoms with Crippen LogP contribution in [0.3, 0.4) is 0 Å². The van der Waals surface area contributed by atoms with Gasteiger partial charge in [0.15, 0.2) is 5.78 Å². The molecule has 0 spiro atoms. The summed E-state index contributed by atoms with van der Waals surface area (Å²) in [5.41, 5.74) is 4.00. The lowest BCUT2D eigenvalue weighted by Gasteiger charge is -2.06. The Labute approximate surface area is 111 Å². The standard InChI is InChI=1S/C16H13NO2/c1-10-4-2-3-5-13(10)16(19)11-6-7-14-12(8-11)9-15(18)17-14/h2-8H,9H2,1H3,(H,17,18). The van der Waals surface area contributed by atoms with Crippen molar-refractivity contribution in [1.29, 1.82) is 0 Å². The molecule has 2 aromatic rings. The van der Waals surface area contributed by atoms with Crippen LogP contribution in [0, 0.1) is 6.92 Å². The minimum Gasteiger partial charge on any atom is -0.326 e. The molecule has 1 heterocycles. The number of rotatable bonds is 2. The maximum Gasteiger partial charge on any atom is 0.228 e. The van der Waals surface area contributed by atoms with Crippen molar-refractivity contribution in [2.75, 3.05) is 5.32 Å². The molecule has 19 heavy (non-hydrogen) atoms. The van der Waals surface area contributed by atoms with E-state index < -0.39 is 0 Å². The average Bonchev–Trinajstić information content (AvgIpc) is 2.77. The molecule has 3 rings (SSSR count). The Kier molecular flexibility index (Phi) is 2.67. The molecular formula is C16H13NO2. The number of fused-ring (bicyclic) bond motifs is 1. The maximum atomic E-state index is 12.4. The Balaban J connectivity index is 2.00. The van der Waals surface area contributed by atoms with E-state index in [1.165, 1.54) is 0 Å². The third-order valence-corrected chi connectivity index (χ3v) is 3.38. The molecular weight excluding hydrogens is 238 g/mol. The van der Waals surface area contributed by atoms with E-state index in [0.717, 1.165) is 16.8 Å². The summed E-state index contributed by atoms with van der Waals surface area (Å²) in [5.74, 6) is -0.0178. The van der Waals surface area contributed by atoms with Gasteiger partial charge >= 0.3 is 0 Å². The first kappa shape index (κ1) is 11.7. The first-order valence-corrected chi connectivity index (χ1v) is 6.18. The van der Waals surface area contributed by atoms with Gasteiger partial charge in [-0.2, -0.15) is 0 Å². The predicted molar refractivity (Wildman–Crippen MR) is 73.4 cm³/mol. The number of anilines is 1. The summed E-state index contributed by atoms with van der Waals surface area (Å²) in [6, 6.07) is 12.9. The number of hydrogen-bond donors (Lipinski definition) is 1. The summed E-state index contributed by atoms with van der Waals surface area (Å²) in [6.07, 6.45) is 0.351. The smallest absolute Gasteiger partial charge is 0.228 e. The Bertz CT molecular complexity index is 689. The van der Waals surface area contributed by atoms with Crippen LogP contribution in [-0.4, -0.2) is 11.7 Å². The second-order valence-electron chi connectivity index (χ2n) is 4.74. The van der Waals surface area contributed by atoms with E-state index in [-0.39, 0.29) is 11.7 Å². The Morgan fingerprint density at radius 3 is 2.74 bits per heavy atom. The van der Waals surface area contributed by atoms with Crippen LogP contribution in [0.25, 0.3) is 0 Å². The van der Waals surface area contributed by atoms with Gasteiger partial charge in [-0.3, -0.25) is 9.59 Å². The number of carbonyl (C=O) groups is 2. The molecule has 0 radical (unpaired) electrons. The van der Waals surface area contributed by atoms with Gasteiger partial charge in [0.2, 0.25) is 5.91 Å². The Morgan fingerprint density at radius 2 is 1.95 bits per heavy atom. The molecule has 0 unspecified atom stereocenters. The van der Waals surface area contributed by atoms with E-state index in [1.807, 2.05) is 37.3 Å². The van der Waals surface area contributed by atoms with Crippen molar-refractivity contribution in [2.45, 2.75) is 13.3 Å². The van der Waals surface area contributed by atoms with Crippen molar-refractivity contribution in [3.8, 4) is 0 Å².